The highest BCUT2D eigenvalue weighted by molar-refractivity contribution is 5.85. The number of anilines is 1. The lowest BCUT2D eigenvalue weighted by atomic mass is 9.84. The van der Waals surface area contributed by atoms with Crippen LogP contribution in [-0.4, -0.2) is 14.8 Å². The van der Waals surface area contributed by atoms with Crippen LogP contribution in [0.2, 0.25) is 0 Å². The quantitative estimate of drug-likeness (QED) is 0.495. The summed E-state index contributed by atoms with van der Waals surface area (Å²) in [6, 6.07) is 20.0. The van der Waals surface area contributed by atoms with E-state index in [0.29, 0.717) is 17.3 Å². The van der Waals surface area contributed by atoms with E-state index in [1.54, 1.807) is 35.0 Å². The van der Waals surface area contributed by atoms with Gasteiger partial charge in [0.25, 0.3) is 0 Å². The highest BCUT2D eigenvalue weighted by Crippen LogP contribution is 2.50. The second kappa shape index (κ2) is 6.77. The molecule has 5 nitrogen and oxygen atoms in total. The molecule has 3 aromatic carbocycles. The van der Waals surface area contributed by atoms with Crippen molar-refractivity contribution in [1.82, 2.24) is 14.8 Å². The van der Waals surface area contributed by atoms with Gasteiger partial charge in [0.15, 0.2) is 6.10 Å². The fourth-order valence-electron chi connectivity index (χ4n) is 4.33. The van der Waals surface area contributed by atoms with E-state index in [1.165, 1.54) is 24.5 Å². The van der Waals surface area contributed by atoms with Crippen molar-refractivity contribution in [3.8, 4) is 5.75 Å². The second-order valence-electron chi connectivity index (χ2n) is 7.45. The molecular weight excluding hydrogens is 398 g/mol. The molecule has 152 valence electrons. The Labute approximate surface area is 176 Å². The SMILES string of the molecule is Fc1ccc([C@@H]2C3=C(Nc4ncnn42)c2ccccc2O[C@H]3c2ccccc2F)cc1. The number of benzene rings is 3. The van der Waals surface area contributed by atoms with Crippen molar-refractivity contribution in [1.29, 1.82) is 0 Å². The number of nitrogens with zero attached hydrogens (tertiary/aromatic N) is 3. The predicted molar refractivity (Wildman–Crippen MR) is 111 cm³/mol. The lowest BCUT2D eigenvalue weighted by Gasteiger charge is -2.39. The third-order valence-corrected chi connectivity index (χ3v) is 5.69. The van der Waals surface area contributed by atoms with Gasteiger partial charge in [-0.2, -0.15) is 10.1 Å². The van der Waals surface area contributed by atoms with Crippen LogP contribution in [0.25, 0.3) is 5.70 Å². The van der Waals surface area contributed by atoms with Gasteiger partial charge in [-0.3, -0.25) is 0 Å². The van der Waals surface area contributed by atoms with Crippen molar-refractivity contribution in [3.05, 3.63) is 113 Å². The molecule has 3 heterocycles. The number of rotatable bonds is 2. The average Bonchev–Trinajstić information content (AvgIpc) is 3.27. The molecule has 1 N–H and O–H groups in total. The summed E-state index contributed by atoms with van der Waals surface area (Å²) in [5, 5.41) is 7.76. The minimum absolute atomic E-state index is 0.332. The van der Waals surface area contributed by atoms with Crippen LogP contribution < -0.4 is 10.1 Å². The van der Waals surface area contributed by atoms with Crippen molar-refractivity contribution < 1.29 is 13.5 Å². The van der Waals surface area contributed by atoms with Gasteiger partial charge in [0, 0.05) is 16.7 Å². The van der Waals surface area contributed by atoms with Crippen LogP contribution in [0, 0.1) is 11.6 Å². The second-order valence-corrected chi connectivity index (χ2v) is 7.45. The van der Waals surface area contributed by atoms with Crippen LogP contribution in [0.1, 0.15) is 28.8 Å². The van der Waals surface area contributed by atoms with Crippen LogP contribution >= 0.6 is 0 Å². The summed E-state index contributed by atoms with van der Waals surface area (Å²) in [6.45, 7) is 0. The van der Waals surface area contributed by atoms with Gasteiger partial charge in [-0.1, -0.05) is 42.5 Å². The van der Waals surface area contributed by atoms with E-state index in [0.717, 1.165) is 22.4 Å². The molecule has 1 aromatic heterocycles. The molecule has 0 bridgehead atoms. The number of ether oxygens (including phenoxy) is 1. The first-order valence-electron chi connectivity index (χ1n) is 9.87. The first-order valence-corrected chi connectivity index (χ1v) is 9.87. The van der Waals surface area contributed by atoms with E-state index in [-0.39, 0.29) is 11.6 Å². The van der Waals surface area contributed by atoms with Crippen molar-refractivity contribution in [2.24, 2.45) is 0 Å². The van der Waals surface area contributed by atoms with Crippen LogP contribution in [0.3, 0.4) is 0 Å². The minimum Gasteiger partial charge on any atom is -0.480 e. The van der Waals surface area contributed by atoms with E-state index < -0.39 is 12.1 Å². The van der Waals surface area contributed by atoms with Crippen molar-refractivity contribution in [2.45, 2.75) is 12.1 Å². The highest BCUT2D eigenvalue weighted by Gasteiger charge is 2.41. The number of hydrogen-bond acceptors (Lipinski definition) is 4. The van der Waals surface area contributed by atoms with Crippen LogP contribution in [0.4, 0.5) is 14.7 Å². The Morgan fingerprint density at radius 3 is 2.52 bits per heavy atom. The molecule has 7 heteroatoms. The van der Waals surface area contributed by atoms with Gasteiger partial charge in [0.2, 0.25) is 5.95 Å². The summed E-state index contributed by atoms with van der Waals surface area (Å²) in [6.07, 6.45) is 0.758. The van der Waals surface area contributed by atoms with Gasteiger partial charge >= 0.3 is 0 Å². The van der Waals surface area contributed by atoms with Crippen LogP contribution in [-0.2, 0) is 0 Å². The smallest absolute Gasteiger partial charge is 0.226 e. The zero-order valence-corrected chi connectivity index (χ0v) is 16.2. The zero-order valence-electron chi connectivity index (χ0n) is 16.2. The van der Waals surface area contributed by atoms with Crippen molar-refractivity contribution in [3.63, 3.8) is 0 Å². The van der Waals surface area contributed by atoms with Crippen molar-refractivity contribution in [2.75, 3.05) is 5.32 Å². The number of fused-ring (bicyclic) bond motifs is 3. The van der Waals surface area contributed by atoms with Gasteiger partial charge in [0.1, 0.15) is 29.8 Å². The Balaban J connectivity index is 1.65. The molecule has 0 radical (unpaired) electrons. The molecule has 2 atom stereocenters. The van der Waals surface area contributed by atoms with E-state index in [2.05, 4.69) is 15.4 Å². The Hall–Kier alpha value is -4.00. The van der Waals surface area contributed by atoms with Gasteiger partial charge in [-0.25, -0.2) is 13.5 Å². The third-order valence-electron chi connectivity index (χ3n) is 5.69. The fourth-order valence-corrected chi connectivity index (χ4v) is 4.33. The average molecular weight is 414 g/mol. The summed E-state index contributed by atoms with van der Waals surface area (Å²) < 4.78 is 36.7. The summed E-state index contributed by atoms with van der Waals surface area (Å²) >= 11 is 0. The largest absolute Gasteiger partial charge is 0.480 e. The lowest BCUT2D eigenvalue weighted by molar-refractivity contribution is 0.218. The number of hydrogen-bond donors (Lipinski definition) is 1. The molecule has 2 aliphatic rings. The maximum atomic E-state index is 14.9. The first-order chi connectivity index (χ1) is 15.2. The first kappa shape index (κ1) is 17.8. The number of aromatic nitrogens is 3. The molecule has 2 aliphatic heterocycles. The molecule has 0 saturated carbocycles. The Morgan fingerprint density at radius 1 is 0.903 bits per heavy atom. The molecule has 0 aliphatic carbocycles. The molecule has 4 aromatic rings. The molecule has 0 saturated heterocycles. The van der Waals surface area contributed by atoms with Crippen molar-refractivity contribution >= 4 is 11.6 Å². The summed E-state index contributed by atoms with van der Waals surface area (Å²) in [5.74, 6) is 0.507. The predicted octanol–water partition coefficient (Wildman–Crippen LogP) is 5.12. The standard InChI is InChI=1S/C24H16F2N4O/c25-15-11-9-14(10-12-15)22-20-21(29-24-27-13-28-30(22)24)17-6-2-4-8-19(17)31-23(20)16-5-1-3-7-18(16)26/h1-13,22-23H,(H,27,28,29)/t22-,23+/m1/s1. The number of halogens is 2. The normalized spacial score (nSPS) is 19.0. The highest BCUT2D eigenvalue weighted by atomic mass is 19.1. The fraction of sp³-hybridized carbons (Fsp3) is 0.0833. The maximum Gasteiger partial charge on any atom is 0.226 e. The lowest BCUT2D eigenvalue weighted by Crippen LogP contribution is -2.32. The number of para-hydroxylation sites is 1. The van der Waals surface area contributed by atoms with Crippen LogP contribution in [0.15, 0.2) is 84.7 Å². The van der Waals surface area contributed by atoms with Gasteiger partial charge in [-0.15, -0.1) is 0 Å². The summed E-state index contributed by atoms with van der Waals surface area (Å²) in [5.41, 5.74) is 3.65. The molecule has 0 fully saturated rings. The Kier molecular flexibility index (Phi) is 3.89. The zero-order chi connectivity index (χ0) is 20.9. The Morgan fingerprint density at radius 2 is 1.68 bits per heavy atom. The Bertz CT molecular complexity index is 1330. The van der Waals surface area contributed by atoms with Crippen LogP contribution in [0.5, 0.6) is 5.75 Å². The van der Waals surface area contributed by atoms with E-state index in [1.807, 2.05) is 24.3 Å². The number of nitrogens with one attached hydrogen (secondary N) is 1. The molecule has 0 spiro atoms. The van der Waals surface area contributed by atoms with E-state index in [4.69, 9.17) is 4.74 Å². The maximum absolute atomic E-state index is 14.9. The third kappa shape index (κ3) is 2.73. The van der Waals surface area contributed by atoms with Gasteiger partial charge in [0.05, 0.1) is 5.70 Å². The van der Waals surface area contributed by atoms with E-state index >= 15 is 0 Å². The van der Waals surface area contributed by atoms with E-state index in [9.17, 15) is 8.78 Å². The molecule has 6 rings (SSSR count). The van der Waals surface area contributed by atoms with Gasteiger partial charge in [-0.05, 0) is 35.9 Å². The molecular formula is C24H16F2N4O. The molecule has 31 heavy (non-hydrogen) atoms. The molecule has 0 unspecified atom stereocenters. The topological polar surface area (TPSA) is 52.0 Å². The summed E-state index contributed by atoms with van der Waals surface area (Å²) in [7, 11) is 0. The monoisotopic (exact) mass is 414 g/mol. The molecule has 0 amide bonds. The minimum atomic E-state index is -0.703. The summed E-state index contributed by atoms with van der Waals surface area (Å²) in [4.78, 5) is 4.35. The van der Waals surface area contributed by atoms with Gasteiger partial charge < -0.3 is 10.1 Å².